The molecule has 0 aliphatic carbocycles. The van der Waals surface area contributed by atoms with Crippen LogP contribution in [0.15, 0.2) is 72.8 Å². The molecular weight excluding hydrogens is 482 g/mol. The molecule has 3 N–H and O–H groups in total. The Kier molecular flexibility index (Phi) is 5.64. The molecule has 0 spiro atoms. The number of methoxy groups -OCH3 is 1. The third-order valence-electron chi connectivity index (χ3n) is 7.01. The van der Waals surface area contributed by atoms with Crippen LogP contribution < -0.4 is 15.0 Å². The van der Waals surface area contributed by atoms with Gasteiger partial charge in [0, 0.05) is 23.7 Å². The van der Waals surface area contributed by atoms with Gasteiger partial charge in [-0.3, -0.25) is 25.0 Å². The van der Waals surface area contributed by atoms with Gasteiger partial charge in [0.1, 0.15) is 0 Å². The number of rotatable bonds is 6. The zero-order chi connectivity index (χ0) is 26.5. The smallest absolute Gasteiger partial charge is 0.329 e. The molecule has 4 atom stereocenters. The van der Waals surface area contributed by atoms with E-state index in [4.69, 9.17) is 4.74 Å². The highest BCUT2D eigenvalue weighted by atomic mass is 16.6. The summed E-state index contributed by atoms with van der Waals surface area (Å²) in [4.78, 5) is 52.2. The third kappa shape index (κ3) is 3.43. The number of nitro groups is 1. The van der Waals surface area contributed by atoms with E-state index in [9.17, 15) is 34.7 Å². The summed E-state index contributed by atoms with van der Waals surface area (Å²) in [6.07, 6.45) is 0. The zero-order valence-electron chi connectivity index (χ0n) is 19.4. The van der Waals surface area contributed by atoms with Gasteiger partial charge >= 0.3 is 5.97 Å². The number of imide groups is 1. The normalized spacial score (nSPS) is 24.7. The van der Waals surface area contributed by atoms with Gasteiger partial charge in [-0.25, -0.2) is 9.69 Å². The van der Waals surface area contributed by atoms with Gasteiger partial charge in [0.25, 0.3) is 5.69 Å². The van der Waals surface area contributed by atoms with Crippen molar-refractivity contribution < 1.29 is 34.3 Å². The number of amides is 2. The number of carboxylic acids is 1. The number of fused-ring (bicyclic) bond motifs is 1. The van der Waals surface area contributed by atoms with E-state index in [2.05, 4.69) is 5.32 Å². The molecule has 0 bridgehead atoms. The summed E-state index contributed by atoms with van der Waals surface area (Å²) in [7, 11) is 1.35. The van der Waals surface area contributed by atoms with Gasteiger partial charge in [0.15, 0.2) is 17.0 Å². The summed E-state index contributed by atoms with van der Waals surface area (Å²) in [6.45, 7) is 0. The Hall–Kier alpha value is -4.77. The Morgan fingerprint density at radius 1 is 1.05 bits per heavy atom. The number of nitrogens with zero attached hydrogens (tertiary/aromatic N) is 2. The average Bonchev–Trinajstić information content (AvgIpc) is 3.39. The van der Waals surface area contributed by atoms with Gasteiger partial charge in [-0.05, 0) is 17.7 Å². The molecular formula is C26H21N3O8. The molecule has 4 unspecified atom stereocenters. The first-order valence-electron chi connectivity index (χ1n) is 11.3. The minimum absolute atomic E-state index is 0.0421. The first-order valence-corrected chi connectivity index (χ1v) is 11.3. The fourth-order valence-electron chi connectivity index (χ4n) is 5.42. The number of phenolic OH excluding ortho intramolecular Hbond substituents is 1. The van der Waals surface area contributed by atoms with E-state index in [1.807, 2.05) is 0 Å². The van der Waals surface area contributed by atoms with Crippen molar-refractivity contribution in [1.82, 2.24) is 5.32 Å². The quantitative estimate of drug-likeness (QED) is 0.261. The number of aromatic hydroxyl groups is 1. The van der Waals surface area contributed by atoms with Crippen LogP contribution in [0.4, 0.5) is 11.4 Å². The number of non-ortho nitro benzene ring substituents is 1. The molecule has 2 fully saturated rings. The van der Waals surface area contributed by atoms with Crippen LogP contribution in [0.5, 0.6) is 11.5 Å². The van der Waals surface area contributed by atoms with Crippen molar-refractivity contribution in [3.05, 3.63) is 94.0 Å². The Balaban J connectivity index is 1.73. The summed E-state index contributed by atoms with van der Waals surface area (Å²) < 4.78 is 5.19. The predicted molar refractivity (Wildman–Crippen MR) is 129 cm³/mol. The van der Waals surface area contributed by atoms with Gasteiger partial charge in [-0.15, -0.1) is 0 Å². The number of nitrogens with one attached hydrogen (secondary N) is 1. The molecule has 0 radical (unpaired) electrons. The maximum absolute atomic E-state index is 13.9. The van der Waals surface area contributed by atoms with Gasteiger partial charge in [0.05, 0.1) is 29.6 Å². The van der Waals surface area contributed by atoms with Gasteiger partial charge in [-0.2, -0.15) is 0 Å². The topological polar surface area (TPSA) is 159 Å². The number of benzene rings is 3. The summed E-state index contributed by atoms with van der Waals surface area (Å²) in [5, 5.41) is 35.8. The molecule has 5 rings (SSSR count). The zero-order valence-corrected chi connectivity index (χ0v) is 19.4. The molecule has 2 aliphatic heterocycles. The number of phenols is 1. The van der Waals surface area contributed by atoms with Crippen LogP contribution in [0.1, 0.15) is 17.2 Å². The van der Waals surface area contributed by atoms with Crippen LogP contribution in [0.25, 0.3) is 0 Å². The van der Waals surface area contributed by atoms with Gasteiger partial charge in [-0.1, -0.05) is 48.5 Å². The number of carbonyl (C=O) groups excluding carboxylic acids is 2. The largest absolute Gasteiger partial charge is 0.504 e. The van der Waals surface area contributed by atoms with Gasteiger partial charge < -0.3 is 14.9 Å². The lowest BCUT2D eigenvalue weighted by Crippen LogP contribution is -2.53. The number of carbonyl (C=O) groups is 3. The molecule has 3 aromatic carbocycles. The van der Waals surface area contributed by atoms with Crippen molar-refractivity contribution in [2.24, 2.45) is 11.8 Å². The second-order valence-corrected chi connectivity index (χ2v) is 8.79. The van der Waals surface area contributed by atoms with Crippen LogP contribution >= 0.6 is 0 Å². The summed E-state index contributed by atoms with van der Waals surface area (Å²) in [5.41, 5.74) is -1.99. The molecule has 2 amide bonds. The lowest BCUT2D eigenvalue weighted by Gasteiger charge is -2.31. The Bertz CT molecular complexity index is 1440. The second-order valence-electron chi connectivity index (χ2n) is 8.79. The second kappa shape index (κ2) is 8.71. The van der Waals surface area contributed by atoms with Crippen LogP contribution in [-0.2, 0) is 19.9 Å². The molecule has 2 saturated heterocycles. The SMILES string of the molecule is COc1cccc(C2NC(C(=O)O)(c3ccccc3)C3C(=O)N(c4cccc([N+](=O)[O-])c4)C(=O)C23)c1O. The predicted octanol–water partition coefficient (Wildman–Crippen LogP) is 2.74. The van der Waals surface area contributed by atoms with Crippen molar-refractivity contribution in [3.8, 4) is 11.5 Å². The Morgan fingerprint density at radius 3 is 2.41 bits per heavy atom. The highest BCUT2D eigenvalue weighted by molar-refractivity contribution is 6.24. The molecule has 2 heterocycles. The molecule has 0 saturated carbocycles. The monoisotopic (exact) mass is 503 g/mol. The van der Waals surface area contributed by atoms with Crippen LogP contribution in [0.3, 0.4) is 0 Å². The average molecular weight is 503 g/mol. The van der Waals surface area contributed by atoms with Crippen molar-refractivity contribution in [2.45, 2.75) is 11.6 Å². The fourth-order valence-corrected chi connectivity index (χ4v) is 5.42. The third-order valence-corrected chi connectivity index (χ3v) is 7.01. The molecule has 11 heteroatoms. The summed E-state index contributed by atoms with van der Waals surface area (Å²) in [6, 6.07) is 16.5. The summed E-state index contributed by atoms with van der Waals surface area (Å²) in [5.74, 6) is -5.81. The Morgan fingerprint density at radius 2 is 1.76 bits per heavy atom. The number of para-hydroxylation sites is 1. The van der Waals surface area contributed by atoms with E-state index in [0.717, 1.165) is 11.0 Å². The number of ether oxygens (including phenoxy) is 1. The van der Waals surface area contributed by atoms with E-state index < -0.39 is 46.1 Å². The number of anilines is 1. The lowest BCUT2D eigenvalue weighted by molar-refractivity contribution is -0.384. The van der Waals surface area contributed by atoms with Crippen LogP contribution in [0.2, 0.25) is 0 Å². The van der Waals surface area contributed by atoms with Gasteiger partial charge in [0.2, 0.25) is 11.8 Å². The van der Waals surface area contributed by atoms with Crippen molar-refractivity contribution in [3.63, 3.8) is 0 Å². The maximum Gasteiger partial charge on any atom is 0.329 e. The molecule has 2 aliphatic rings. The minimum atomic E-state index is -2.03. The highest BCUT2D eigenvalue weighted by Crippen LogP contribution is 2.55. The van der Waals surface area contributed by atoms with E-state index in [1.54, 1.807) is 36.4 Å². The maximum atomic E-state index is 13.9. The first kappa shape index (κ1) is 23.9. The molecule has 188 valence electrons. The Labute approximate surface area is 210 Å². The number of hydrogen-bond donors (Lipinski definition) is 3. The molecule has 0 aromatic heterocycles. The first-order chi connectivity index (χ1) is 17.7. The van der Waals surface area contributed by atoms with Crippen molar-refractivity contribution in [2.75, 3.05) is 12.0 Å². The van der Waals surface area contributed by atoms with E-state index in [0.29, 0.717) is 0 Å². The van der Waals surface area contributed by atoms with E-state index >= 15 is 0 Å². The molecule has 3 aromatic rings. The van der Waals surface area contributed by atoms with E-state index in [1.165, 1.54) is 37.4 Å². The molecule has 37 heavy (non-hydrogen) atoms. The number of nitro benzene ring substituents is 1. The summed E-state index contributed by atoms with van der Waals surface area (Å²) >= 11 is 0. The van der Waals surface area contributed by atoms with Crippen molar-refractivity contribution in [1.29, 1.82) is 0 Å². The number of hydrogen-bond acceptors (Lipinski definition) is 8. The lowest BCUT2D eigenvalue weighted by atomic mass is 9.75. The van der Waals surface area contributed by atoms with Crippen molar-refractivity contribution >= 4 is 29.2 Å². The standard InChI is InChI=1S/C26H21N3O8/c1-37-18-12-6-11-17(22(18)30)21-19-20(26(27-21,25(33)34)14-7-3-2-4-8-14)24(32)28(23(19)31)15-9-5-10-16(13-15)29(35)36/h2-13,19-21,27,30H,1H3,(H,33,34). The van der Waals surface area contributed by atoms with E-state index in [-0.39, 0.29) is 34.0 Å². The highest BCUT2D eigenvalue weighted by Gasteiger charge is 2.69. The number of carboxylic acid groups (broad SMARTS) is 1. The van der Waals surface area contributed by atoms with Crippen LogP contribution in [-0.4, -0.2) is 40.0 Å². The minimum Gasteiger partial charge on any atom is -0.504 e. The van der Waals surface area contributed by atoms with Crippen LogP contribution in [0, 0.1) is 22.0 Å². The fraction of sp³-hybridized carbons (Fsp3) is 0.192. The number of aliphatic carboxylic acids is 1. The molecule has 11 nitrogen and oxygen atoms in total.